The average Bonchev–Trinajstić information content (AvgIpc) is 3.33. The van der Waals surface area contributed by atoms with E-state index in [0.29, 0.717) is 19.3 Å². The van der Waals surface area contributed by atoms with Crippen molar-refractivity contribution in [1.82, 2.24) is 0 Å². The van der Waals surface area contributed by atoms with E-state index in [4.69, 9.17) is 14.2 Å². The predicted octanol–water partition coefficient (Wildman–Crippen LogP) is 18.5. The highest BCUT2D eigenvalue weighted by Gasteiger charge is 2.19. The Hall–Kier alpha value is -3.67. The van der Waals surface area contributed by atoms with E-state index >= 15 is 0 Å². The summed E-state index contributed by atoms with van der Waals surface area (Å²) in [5.41, 5.74) is 0. The molecule has 0 radical (unpaired) electrons. The summed E-state index contributed by atoms with van der Waals surface area (Å²) in [5, 5.41) is 0. The fourth-order valence-electron chi connectivity index (χ4n) is 7.49. The summed E-state index contributed by atoms with van der Waals surface area (Å²) in [6.45, 7) is 6.49. The lowest BCUT2D eigenvalue weighted by atomic mass is 10.0. The van der Waals surface area contributed by atoms with Crippen LogP contribution in [0, 0.1) is 0 Å². The van der Waals surface area contributed by atoms with E-state index < -0.39 is 6.10 Å². The number of hydrogen-bond donors (Lipinski definition) is 0. The minimum absolute atomic E-state index is 0.105. The van der Waals surface area contributed by atoms with Gasteiger partial charge in [-0.05, 0) is 70.6 Å². The normalized spacial score (nSPS) is 12.8. The first-order valence-electron chi connectivity index (χ1n) is 27.8. The van der Waals surface area contributed by atoms with Gasteiger partial charge in [-0.15, -0.1) is 0 Å². The molecule has 0 fully saturated rings. The van der Waals surface area contributed by atoms with Crippen LogP contribution in [0.1, 0.15) is 252 Å². The van der Waals surface area contributed by atoms with Crippen LogP contribution < -0.4 is 0 Å². The number of hydrogen-bond acceptors (Lipinski definition) is 6. The highest BCUT2D eigenvalue weighted by molar-refractivity contribution is 5.71. The summed E-state index contributed by atoms with van der Waals surface area (Å²) < 4.78 is 16.8. The lowest BCUT2D eigenvalue weighted by Crippen LogP contribution is -2.30. The molecule has 6 nitrogen and oxygen atoms in total. The van der Waals surface area contributed by atoms with Gasteiger partial charge in [0.15, 0.2) is 6.10 Å². The van der Waals surface area contributed by atoms with Gasteiger partial charge in [0.1, 0.15) is 13.2 Å². The highest BCUT2D eigenvalue weighted by atomic mass is 16.6. The Labute approximate surface area is 413 Å². The minimum Gasteiger partial charge on any atom is -0.462 e. The smallest absolute Gasteiger partial charge is 0.306 e. The maximum atomic E-state index is 12.8. The van der Waals surface area contributed by atoms with E-state index in [-0.39, 0.29) is 37.5 Å². The van der Waals surface area contributed by atoms with Gasteiger partial charge < -0.3 is 14.2 Å². The van der Waals surface area contributed by atoms with Crippen molar-refractivity contribution in [2.24, 2.45) is 0 Å². The topological polar surface area (TPSA) is 78.9 Å². The fraction of sp³-hybridized carbons (Fsp3) is 0.689. The molecule has 6 heteroatoms. The Kier molecular flexibility index (Phi) is 51.9. The quantitative estimate of drug-likeness (QED) is 0.0199. The van der Waals surface area contributed by atoms with E-state index in [1.807, 2.05) is 24.3 Å². The van der Waals surface area contributed by atoms with Crippen molar-refractivity contribution in [3.63, 3.8) is 0 Å². The number of carbonyl (C=O) groups excluding carboxylic acids is 3. The third-order valence-electron chi connectivity index (χ3n) is 11.7. The van der Waals surface area contributed by atoms with Crippen molar-refractivity contribution in [3.05, 3.63) is 97.2 Å². The van der Waals surface area contributed by atoms with Gasteiger partial charge in [0, 0.05) is 19.3 Å². The maximum absolute atomic E-state index is 12.8. The Balaban J connectivity index is 4.52. The molecule has 0 aliphatic carbocycles. The van der Waals surface area contributed by atoms with Gasteiger partial charge in [-0.25, -0.2) is 0 Å². The van der Waals surface area contributed by atoms with Gasteiger partial charge in [-0.1, -0.05) is 259 Å². The Bertz CT molecular complexity index is 1350. The second-order valence-corrected chi connectivity index (χ2v) is 18.3. The largest absolute Gasteiger partial charge is 0.462 e. The third kappa shape index (κ3) is 53.2. The number of esters is 3. The number of unbranched alkanes of at least 4 members (excludes halogenated alkanes) is 26. The number of allylic oxidation sites excluding steroid dienone is 16. The first kappa shape index (κ1) is 63.3. The van der Waals surface area contributed by atoms with Crippen LogP contribution in [-0.2, 0) is 28.6 Å². The van der Waals surface area contributed by atoms with Gasteiger partial charge >= 0.3 is 17.9 Å². The van der Waals surface area contributed by atoms with Crippen LogP contribution >= 0.6 is 0 Å². The second-order valence-electron chi connectivity index (χ2n) is 18.3. The summed E-state index contributed by atoms with van der Waals surface area (Å²) in [6.07, 6.45) is 72.5. The molecular weight excluding hydrogens is 829 g/mol. The van der Waals surface area contributed by atoms with Crippen LogP contribution in [0.3, 0.4) is 0 Å². The molecule has 0 rings (SSSR count). The maximum Gasteiger partial charge on any atom is 0.306 e. The van der Waals surface area contributed by atoms with E-state index in [0.717, 1.165) is 83.5 Å². The zero-order valence-electron chi connectivity index (χ0n) is 43.6. The van der Waals surface area contributed by atoms with Crippen LogP contribution in [0.2, 0.25) is 0 Å². The summed E-state index contributed by atoms with van der Waals surface area (Å²) in [7, 11) is 0. The van der Waals surface area contributed by atoms with Crippen molar-refractivity contribution >= 4 is 17.9 Å². The predicted molar refractivity (Wildman–Crippen MR) is 288 cm³/mol. The highest BCUT2D eigenvalue weighted by Crippen LogP contribution is 2.15. The van der Waals surface area contributed by atoms with Gasteiger partial charge in [-0.2, -0.15) is 0 Å². The molecule has 1 atom stereocenters. The molecule has 0 saturated carbocycles. The van der Waals surface area contributed by atoms with Crippen molar-refractivity contribution in [1.29, 1.82) is 0 Å². The van der Waals surface area contributed by atoms with Crippen molar-refractivity contribution < 1.29 is 28.6 Å². The van der Waals surface area contributed by atoms with Gasteiger partial charge in [0.2, 0.25) is 0 Å². The molecule has 0 bridgehead atoms. The van der Waals surface area contributed by atoms with E-state index in [9.17, 15) is 14.4 Å². The monoisotopic (exact) mass is 931 g/mol. The van der Waals surface area contributed by atoms with Gasteiger partial charge in [0.05, 0.1) is 0 Å². The molecule has 0 aliphatic rings. The van der Waals surface area contributed by atoms with Crippen LogP contribution in [0.4, 0.5) is 0 Å². The molecule has 0 aromatic rings. The molecule has 67 heavy (non-hydrogen) atoms. The Morgan fingerprint density at radius 2 is 0.642 bits per heavy atom. The van der Waals surface area contributed by atoms with Crippen LogP contribution in [-0.4, -0.2) is 37.2 Å². The Morgan fingerprint density at radius 1 is 0.313 bits per heavy atom. The first-order valence-corrected chi connectivity index (χ1v) is 27.8. The standard InChI is InChI=1S/C61H102O6/c1-4-7-10-13-16-19-22-25-28-30-32-33-36-39-42-45-48-51-54-60(63)66-57-58(56-65-59(62)53-50-47-44-41-38-35-27-24-21-18-15-12-9-6-3)67-61(64)55-52-49-46-43-40-37-34-31-29-26-23-20-17-14-11-8-5-2/h10,13,16,19,22,25-26,28-30,32-34,37,43,46,58H,4-9,11-12,14-15,17-18,20-21,23-24,27,31,35-36,38-42,44-45,47-57H2,1-3H3/b13-10-,19-16-,25-22-,29-26-,30-28-,33-32-,37-34-,46-43-. The molecule has 0 saturated heterocycles. The van der Waals surface area contributed by atoms with Crippen molar-refractivity contribution in [2.75, 3.05) is 13.2 Å². The first-order chi connectivity index (χ1) is 33.0. The molecule has 0 spiro atoms. The number of rotatable bonds is 49. The summed E-state index contributed by atoms with van der Waals surface area (Å²) >= 11 is 0. The van der Waals surface area contributed by atoms with Gasteiger partial charge in [0.25, 0.3) is 0 Å². The minimum atomic E-state index is -0.814. The zero-order valence-corrected chi connectivity index (χ0v) is 43.6. The van der Waals surface area contributed by atoms with Gasteiger partial charge in [-0.3, -0.25) is 14.4 Å². The zero-order chi connectivity index (χ0) is 48.6. The van der Waals surface area contributed by atoms with E-state index in [1.54, 1.807) is 0 Å². The van der Waals surface area contributed by atoms with Crippen LogP contribution in [0.25, 0.3) is 0 Å². The molecule has 0 aromatic heterocycles. The van der Waals surface area contributed by atoms with E-state index in [1.165, 1.54) is 122 Å². The fourth-order valence-corrected chi connectivity index (χ4v) is 7.49. The lowest BCUT2D eigenvalue weighted by Gasteiger charge is -2.18. The lowest BCUT2D eigenvalue weighted by molar-refractivity contribution is -0.167. The number of ether oxygens (including phenoxy) is 3. The number of carbonyl (C=O) groups is 3. The average molecular weight is 931 g/mol. The molecule has 0 amide bonds. The second kappa shape index (κ2) is 54.9. The summed E-state index contributed by atoms with van der Waals surface area (Å²) in [5.74, 6) is -0.981. The molecule has 1 unspecified atom stereocenters. The Morgan fingerprint density at radius 3 is 1.07 bits per heavy atom. The molecule has 0 aliphatic heterocycles. The summed E-state index contributed by atoms with van der Waals surface area (Å²) in [6, 6.07) is 0. The molecule has 0 N–H and O–H groups in total. The van der Waals surface area contributed by atoms with Crippen molar-refractivity contribution in [3.8, 4) is 0 Å². The van der Waals surface area contributed by atoms with Crippen LogP contribution in [0.5, 0.6) is 0 Å². The SMILES string of the molecule is CCC\C=C/C=C\C=C/C=C\C=C/CCCCCCCC(=O)OCC(COC(=O)CCCCCCCCCCCCCCCC)OC(=O)CCC/C=C\C/C=C\C/C=C\CCCCCCCC. The van der Waals surface area contributed by atoms with E-state index in [2.05, 4.69) is 93.7 Å². The molecule has 382 valence electrons. The van der Waals surface area contributed by atoms with Crippen LogP contribution in [0.15, 0.2) is 97.2 Å². The summed E-state index contributed by atoms with van der Waals surface area (Å²) in [4.78, 5) is 38.1. The van der Waals surface area contributed by atoms with Crippen molar-refractivity contribution in [2.45, 2.75) is 258 Å². The molecular formula is C61H102O6. The molecule has 0 aromatic carbocycles. The third-order valence-corrected chi connectivity index (χ3v) is 11.7. The molecule has 0 heterocycles.